The molecule has 0 spiro atoms. The highest BCUT2D eigenvalue weighted by Crippen LogP contribution is 2.37. The third kappa shape index (κ3) is 3.04. The van der Waals surface area contributed by atoms with Gasteiger partial charge in [-0.3, -0.25) is 0 Å². The Hall–Kier alpha value is -1.61. The Morgan fingerprint density at radius 2 is 1.84 bits per heavy atom. The molecule has 2 aromatic rings. The average Bonchev–Trinajstić information content (AvgIpc) is 2.40. The third-order valence-corrected chi connectivity index (χ3v) is 3.06. The molecule has 0 heterocycles. The lowest BCUT2D eigenvalue weighted by molar-refractivity contribution is 0.151. The summed E-state index contributed by atoms with van der Waals surface area (Å²) in [5.41, 5.74) is 0.964. The van der Waals surface area contributed by atoms with E-state index in [0.717, 1.165) is 0 Å². The van der Waals surface area contributed by atoms with Crippen molar-refractivity contribution in [3.8, 4) is 16.9 Å². The van der Waals surface area contributed by atoms with E-state index in [0.29, 0.717) is 28.5 Å². The summed E-state index contributed by atoms with van der Waals surface area (Å²) in [6.07, 6.45) is -2.58. The van der Waals surface area contributed by atoms with Crippen molar-refractivity contribution in [2.24, 2.45) is 0 Å². The van der Waals surface area contributed by atoms with Crippen LogP contribution in [0.2, 0.25) is 5.02 Å². The second-order valence-electron chi connectivity index (χ2n) is 3.96. The van der Waals surface area contributed by atoms with Crippen LogP contribution in [0.1, 0.15) is 18.9 Å². The van der Waals surface area contributed by atoms with Crippen LogP contribution < -0.4 is 4.74 Å². The molecule has 0 radical (unpaired) electrons. The van der Waals surface area contributed by atoms with E-state index >= 15 is 0 Å². The van der Waals surface area contributed by atoms with Crippen LogP contribution in [0, 0.1) is 0 Å². The van der Waals surface area contributed by atoms with E-state index in [4.69, 9.17) is 16.3 Å². The smallest absolute Gasteiger partial charge is 0.264 e. The van der Waals surface area contributed by atoms with Crippen molar-refractivity contribution in [1.82, 2.24) is 0 Å². The fourth-order valence-electron chi connectivity index (χ4n) is 1.90. The Morgan fingerprint density at radius 3 is 2.47 bits per heavy atom. The van der Waals surface area contributed by atoms with Crippen molar-refractivity contribution in [3.63, 3.8) is 0 Å². The molecule has 0 atom stereocenters. The van der Waals surface area contributed by atoms with Crippen LogP contribution >= 0.6 is 11.6 Å². The lowest BCUT2D eigenvalue weighted by Gasteiger charge is -2.13. The topological polar surface area (TPSA) is 9.23 Å². The van der Waals surface area contributed by atoms with Gasteiger partial charge < -0.3 is 4.74 Å². The van der Waals surface area contributed by atoms with Gasteiger partial charge in [-0.1, -0.05) is 35.9 Å². The predicted octanol–water partition coefficient (Wildman–Crippen LogP) is 5.34. The number of rotatable bonds is 4. The highest BCUT2D eigenvalue weighted by atomic mass is 35.5. The van der Waals surface area contributed by atoms with E-state index < -0.39 is 6.43 Å². The van der Waals surface area contributed by atoms with Crippen molar-refractivity contribution in [2.75, 3.05) is 6.61 Å². The number of alkyl halides is 2. The van der Waals surface area contributed by atoms with Gasteiger partial charge in [0.1, 0.15) is 5.75 Å². The van der Waals surface area contributed by atoms with Gasteiger partial charge in [-0.05, 0) is 30.7 Å². The summed E-state index contributed by atoms with van der Waals surface area (Å²) in [4.78, 5) is 0. The van der Waals surface area contributed by atoms with E-state index in [1.54, 1.807) is 36.4 Å². The summed E-state index contributed by atoms with van der Waals surface area (Å²) in [7, 11) is 0. The summed E-state index contributed by atoms with van der Waals surface area (Å²) in [6.45, 7) is 2.25. The number of benzene rings is 2. The van der Waals surface area contributed by atoms with Crippen LogP contribution in [0.3, 0.4) is 0 Å². The van der Waals surface area contributed by atoms with Crippen molar-refractivity contribution in [2.45, 2.75) is 13.3 Å². The monoisotopic (exact) mass is 282 g/mol. The quantitative estimate of drug-likeness (QED) is 0.735. The van der Waals surface area contributed by atoms with E-state index in [1.807, 2.05) is 6.92 Å². The molecule has 0 aliphatic rings. The fourth-order valence-corrected chi connectivity index (χ4v) is 2.14. The van der Waals surface area contributed by atoms with Crippen LogP contribution in [0.15, 0.2) is 42.5 Å². The summed E-state index contributed by atoms with van der Waals surface area (Å²) in [5.74, 6) is 0.439. The fraction of sp³-hybridized carbons (Fsp3) is 0.200. The van der Waals surface area contributed by atoms with Gasteiger partial charge in [0.25, 0.3) is 6.43 Å². The molecular formula is C15H13ClF2O. The Bertz CT molecular complexity index is 570. The largest absolute Gasteiger partial charge is 0.494 e. The summed E-state index contributed by atoms with van der Waals surface area (Å²) < 4.78 is 31.6. The Balaban J connectivity index is 2.54. The minimum atomic E-state index is -2.58. The lowest BCUT2D eigenvalue weighted by atomic mass is 9.99. The van der Waals surface area contributed by atoms with Gasteiger partial charge in [0, 0.05) is 16.1 Å². The zero-order valence-corrected chi connectivity index (χ0v) is 11.1. The van der Waals surface area contributed by atoms with Crippen molar-refractivity contribution in [3.05, 3.63) is 53.1 Å². The molecule has 0 fully saturated rings. The number of hydrogen-bond donors (Lipinski definition) is 0. The minimum Gasteiger partial charge on any atom is -0.494 e. The molecule has 100 valence electrons. The summed E-state index contributed by atoms with van der Waals surface area (Å²) >= 11 is 6.06. The first kappa shape index (κ1) is 13.8. The Labute approximate surface area is 115 Å². The van der Waals surface area contributed by atoms with Crippen molar-refractivity contribution in [1.29, 1.82) is 0 Å². The normalized spacial score (nSPS) is 10.8. The van der Waals surface area contributed by atoms with Crippen molar-refractivity contribution < 1.29 is 13.5 Å². The molecule has 1 nitrogen and oxygen atoms in total. The first-order chi connectivity index (χ1) is 9.13. The molecule has 0 saturated carbocycles. The van der Waals surface area contributed by atoms with Gasteiger partial charge in [-0.25, -0.2) is 8.78 Å². The molecule has 0 aromatic heterocycles. The summed E-state index contributed by atoms with van der Waals surface area (Å²) in [5, 5.41) is 0.452. The van der Waals surface area contributed by atoms with Crippen LogP contribution in [0.25, 0.3) is 11.1 Å². The lowest BCUT2D eigenvalue weighted by Crippen LogP contribution is -1.96. The highest BCUT2D eigenvalue weighted by Gasteiger charge is 2.17. The van der Waals surface area contributed by atoms with Gasteiger partial charge in [0.2, 0.25) is 0 Å². The van der Waals surface area contributed by atoms with Gasteiger partial charge in [0.05, 0.1) is 6.61 Å². The highest BCUT2D eigenvalue weighted by molar-refractivity contribution is 6.33. The summed E-state index contributed by atoms with van der Waals surface area (Å²) in [6, 6.07) is 11.6. The maximum Gasteiger partial charge on any atom is 0.264 e. The van der Waals surface area contributed by atoms with Crippen LogP contribution in [-0.2, 0) is 0 Å². The molecular weight excluding hydrogens is 270 g/mol. The first-order valence-electron chi connectivity index (χ1n) is 5.93. The van der Waals surface area contributed by atoms with Gasteiger partial charge >= 0.3 is 0 Å². The van der Waals surface area contributed by atoms with Crippen LogP contribution in [0.4, 0.5) is 8.78 Å². The molecule has 0 saturated heterocycles. The maximum absolute atomic E-state index is 13.2. The number of halogens is 3. The molecule has 0 amide bonds. The Morgan fingerprint density at radius 1 is 1.11 bits per heavy atom. The maximum atomic E-state index is 13.2. The Kier molecular flexibility index (Phi) is 4.38. The van der Waals surface area contributed by atoms with E-state index in [9.17, 15) is 8.78 Å². The molecule has 0 unspecified atom stereocenters. The molecule has 2 rings (SSSR count). The van der Waals surface area contributed by atoms with E-state index in [2.05, 4.69) is 0 Å². The van der Waals surface area contributed by atoms with Gasteiger partial charge in [0.15, 0.2) is 0 Å². The second kappa shape index (κ2) is 6.02. The molecule has 4 heteroatoms. The average molecular weight is 283 g/mol. The van der Waals surface area contributed by atoms with Gasteiger partial charge in [-0.2, -0.15) is 0 Å². The number of ether oxygens (including phenoxy) is 1. The molecule has 0 aliphatic carbocycles. The minimum absolute atomic E-state index is 0.0703. The van der Waals surface area contributed by atoms with Crippen molar-refractivity contribution >= 4 is 11.6 Å². The third-order valence-electron chi connectivity index (χ3n) is 2.73. The number of hydrogen-bond acceptors (Lipinski definition) is 1. The predicted molar refractivity (Wildman–Crippen MR) is 73.0 cm³/mol. The van der Waals surface area contributed by atoms with Gasteiger partial charge in [-0.15, -0.1) is 0 Å². The molecule has 0 N–H and O–H groups in total. The van der Waals surface area contributed by atoms with Crippen LogP contribution in [0.5, 0.6) is 5.75 Å². The molecule has 19 heavy (non-hydrogen) atoms. The second-order valence-corrected chi connectivity index (χ2v) is 4.37. The zero-order chi connectivity index (χ0) is 13.8. The molecule has 0 bridgehead atoms. The van der Waals surface area contributed by atoms with E-state index in [1.165, 1.54) is 6.07 Å². The van der Waals surface area contributed by atoms with E-state index in [-0.39, 0.29) is 5.56 Å². The molecule has 0 aliphatic heterocycles. The SMILES string of the molecule is CCOc1ccc(-c2ccccc2Cl)c(C(F)F)c1. The van der Waals surface area contributed by atoms with Crippen LogP contribution in [-0.4, -0.2) is 6.61 Å². The first-order valence-corrected chi connectivity index (χ1v) is 6.31. The standard InChI is InChI=1S/C15H13ClF2O/c1-2-19-10-7-8-11(13(9-10)15(17)18)12-5-3-4-6-14(12)16/h3-9,15H,2H2,1H3. The molecule has 2 aromatic carbocycles. The zero-order valence-electron chi connectivity index (χ0n) is 10.4.